The number of aromatic nitrogens is 3. The molecule has 278 valence electrons. The molecule has 2 atom stereocenters. The lowest BCUT2D eigenvalue weighted by Crippen LogP contribution is -2.56. The van der Waals surface area contributed by atoms with E-state index in [9.17, 15) is 36.6 Å². The molecule has 0 amide bonds. The zero-order valence-corrected chi connectivity index (χ0v) is 30.1. The molecule has 16 heteroatoms. The second-order valence-corrected chi connectivity index (χ2v) is 15.7. The van der Waals surface area contributed by atoms with Crippen molar-refractivity contribution >= 4 is 39.1 Å². The van der Waals surface area contributed by atoms with Gasteiger partial charge in [-0.25, -0.2) is 18.6 Å². The van der Waals surface area contributed by atoms with Crippen molar-refractivity contribution in [1.82, 2.24) is 24.3 Å². The number of aryl methyl sites for hydroxylation is 3. The van der Waals surface area contributed by atoms with E-state index in [1.54, 1.807) is 42.0 Å². The molecule has 3 aromatic heterocycles. The van der Waals surface area contributed by atoms with Crippen LogP contribution in [0.2, 0.25) is 5.02 Å². The van der Waals surface area contributed by atoms with Crippen LogP contribution in [-0.2, 0) is 19.4 Å². The first-order chi connectivity index (χ1) is 24.5. The summed E-state index contributed by atoms with van der Waals surface area (Å²) in [5.74, 6) is -3.26. The third kappa shape index (κ3) is 7.42. The highest BCUT2D eigenvalue weighted by Crippen LogP contribution is 2.46. The third-order valence-electron chi connectivity index (χ3n) is 10.4. The van der Waals surface area contributed by atoms with Crippen LogP contribution in [0.1, 0.15) is 52.4 Å². The van der Waals surface area contributed by atoms with Crippen molar-refractivity contribution in [2.45, 2.75) is 70.6 Å². The van der Waals surface area contributed by atoms with Crippen LogP contribution in [0.25, 0.3) is 21.3 Å². The van der Waals surface area contributed by atoms with Gasteiger partial charge in [0.05, 0.1) is 41.1 Å². The van der Waals surface area contributed by atoms with E-state index < -0.39 is 43.0 Å². The molecule has 0 radical (unpaired) electrons. The van der Waals surface area contributed by atoms with Gasteiger partial charge in [-0.05, 0) is 70.3 Å². The normalized spacial score (nSPS) is 22.3. The molecule has 2 aliphatic heterocycles. The fourth-order valence-electron chi connectivity index (χ4n) is 8.40. The summed E-state index contributed by atoms with van der Waals surface area (Å²) < 4.78 is 77.5. The summed E-state index contributed by atoms with van der Waals surface area (Å²) in [5.41, 5.74) is 2.61. The van der Waals surface area contributed by atoms with E-state index in [-0.39, 0.29) is 43.4 Å². The van der Waals surface area contributed by atoms with Crippen molar-refractivity contribution in [3.05, 3.63) is 73.4 Å². The van der Waals surface area contributed by atoms with Crippen LogP contribution in [0.3, 0.4) is 0 Å². The van der Waals surface area contributed by atoms with E-state index in [0.717, 1.165) is 10.5 Å². The zero-order valence-electron chi connectivity index (χ0n) is 28.5. The summed E-state index contributed by atoms with van der Waals surface area (Å²) in [5, 5.41) is 11.7. The topological polar surface area (TPSA) is 101 Å². The van der Waals surface area contributed by atoms with Gasteiger partial charge in [-0.2, -0.15) is 13.2 Å². The highest BCUT2D eigenvalue weighted by atomic mass is 35.5. The summed E-state index contributed by atoms with van der Waals surface area (Å²) in [6.45, 7) is 2.28. The van der Waals surface area contributed by atoms with Crippen LogP contribution in [0.15, 0.2) is 34.4 Å². The van der Waals surface area contributed by atoms with Gasteiger partial charge in [-0.15, -0.1) is 11.3 Å². The van der Waals surface area contributed by atoms with E-state index in [1.165, 1.54) is 11.3 Å². The number of rotatable bonds is 8. The number of nitrogens with zero attached hydrogens (tertiary/aromatic N) is 5. The Morgan fingerprint density at radius 1 is 1.13 bits per heavy atom. The summed E-state index contributed by atoms with van der Waals surface area (Å²) in [6, 6.07) is 6.89. The number of pyridine rings is 1. The van der Waals surface area contributed by atoms with Gasteiger partial charge in [0.2, 0.25) is 0 Å². The molecule has 2 saturated heterocycles. The maximum atomic E-state index is 14.8. The molecule has 9 nitrogen and oxygen atoms in total. The molecular weight excluding hydrogens is 729 g/mol. The second kappa shape index (κ2) is 13.6. The number of hydrogen-bond acceptors (Lipinski definition) is 8. The van der Waals surface area contributed by atoms with Gasteiger partial charge >= 0.3 is 12.1 Å². The Kier molecular flexibility index (Phi) is 9.62. The molecule has 7 rings (SSSR count). The van der Waals surface area contributed by atoms with Crippen LogP contribution in [-0.4, -0.2) is 92.9 Å². The Bertz CT molecular complexity index is 2100. The van der Waals surface area contributed by atoms with Crippen molar-refractivity contribution in [2.24, 2.45) is 5.41 Å². The molecule has 5 heterocycles. The number of aromatic carboxylic acids is 1. The average Bonchev–Trinajstić information content (AvgIpc) is 3.65. The number of thiophene rings is 1. The van der Waals surface area contributed by atoms with Crippen LogP contribution < -0.4 is 10.3 Å². The van der Waals surface area contributed by atoms with E-state index in [4.69, 9.17) is 21.3 Å². The molecule has 0 bridgehead atoms. The van der Waals surface area contributed by atoms with Gasteiger partial charge in [-0.1, -0.05) is 11.6 Å². The predicted octanol–water partition coefficient (Wildman–Crippen LogP) is 7.02. The number of carboxylic acids is 1. The molecule has 4 aromatic rings. The Morgan fingerprint density at radius 3 is 2.67 bits per heavy atom. The summed E-state index contributed by atoms with van der Waals surface area (Å²) >= 11 is 7.67. The van der Waals surface area contributed by atoms with Crippen LogP contribution in [0.5, 0.6) is 5.75 Å². The second-order valence-electron chi connectivity index (χ2n) is 14.4. The Balaban J connectivity index is 1.07. The maximum absolute atomic E-state index is 14.8. The van der Waals surface area contributed by atoms with Gasteiger partial charge in [-0.3, -0.25) is 24.1 Å². The van der Waals surface area contributed by atoms with E-state index in [0.29, 0.717) is 81.6 Å². The Hall–Kier alpha value is -3.66. The molecule has 3 aliphatic rings. The molecule has 1 N–H and O–H groups in total. The largest absolute Gasteiger partial charge is 0.491 e. The van der Waals surface area contributed by atoms with Crippen molar-refractivity contribution in [1.29, 1.82) is 0 Å². The maximum Gasteiger partial charge on any atom is 0.401 e. The lowest BCUT2D eigenvalue weighted by molar-refractivity contribution is -0.178. The minimum absolute atomic E-state index is 0.0346. The van der Waals surface area contributed by atoms with Crippen molar-refractivity contribution < 1.29 is 36.6 Å². The number of likely N-dealkylation sites (tertiary alicyclic amines) is 2. The van der Waals surface area contributed by atoms with Crippen LogP contribution in [0, 0.1) is 19.3 Å². The van der Waals surface area contributed by atoms with Gasteiger partial charge in [0.1, 0.15) is 18.2 Å². The van der Waals surface area contributed by atoms with Gasteiger partial charge in [0.15, 0.2) is 0 Å². The minimum Gasteiger partial charge on any atom is -0.491 e. The quantitative estimate of drug-likeness (QED) is 0.191. The number of benzene rings is 1. The number of alkyl halides is 5. The number of fused-ring (bicyclic) bond motifs is 2. The van der Waals surface area contributed by atoms with Crippen molar-refractivity contribution in [3.8, 4) is 16.9 Å². The van der Waals surface area contributed by atoms with Crippen molar-refractivity contribution in [3.63, 3.8) is 0 Å². The number of hydrogen-bond donors (Lipinski definition) is 1. The first-order valence-electron chi connectivity index (χ1n) is 17.0. The predicted molar refractivity (Wildman–Crippen MR) is 187 cm³/mol. The number of ether oxygens (including phenoxy) is 1. The lowest BCUT2D eigenvalue weighted by atomic mass is 9.77. The van der Waals surface area contributed by atoms with Crippen molar-refractivity contribution in [2.75, 3.05) is 39.3 Å². The smallest absolute Gasteiger partial charge is 0.401 e. The molecular formula is C36H37ClF5N5O4S. The first-order valence-corrected chi connectivity index (χ1v) is 18.3. The molecule has 1 spiro atoms. The van der Waals surface area contributed by atoms with Gasteiger partial charge in [0, 0.05) is 63.8 Å². The van der Waals surface area contributed by atoms with Crippen LogP contribution >= 0.6 is 22.9 Å². The monoisotopic (exact) mass is 765 g/mol. The summed E-state index contributed by atoms with van der Waals surface area (Å²) in [7, 11) is 0. The zero-order chi connectivity index (χ0) is 37.2. The molecule has 52 heavy (non-hydrogen) atoms. The molecule has 1 unspecified atom stereocenters. The minimum atomic E-state index is -4.56. The standard InChI is InChI=1S/C36H37ClF5N5O4S/c1-20-11-25(31-30(43-20)27(14-52-31)33(49)50)24-12-22(37)3-6-29(24)51-10-9-47-21(2)44-28-5-4-23(13-26(28)32(47)48)46-8-7-34(17-46)15-35(38,39)18-45(16-34)19-36(40,41)42/h3,6,11-12,14,23H,4-5,7-10,13,15-19H2,1-2H3,(H,49,50)/t23-,34?/m0/s1. The molecule has 1 aromatic carbocycles. The molecule has 0 saturated carbocycles. The average molecular weight is 766 g/mol. The first kappa shape index (κ1) is 36.7. The highest BCUT2D eigenvalue weighted by molar-refractivity contribution is 7.18. The van der Waals surface area contributed by atoms with E-state index in [2.05, 4.69) is 9.88 Å². The summed E-state index contributed by atoms with van der Waals surface area (Å²) in [4.78, 5) is 37.9. The molecule has 2 fully saturated rings. The van der Waals surface area contributed by atoms with E-state index >= 15 is 0 Å². The number of carboxylic acid groups (broad SMARTS) is 1. The summed E-state index contributed by atoms with van der Waals surface area (Å²) in [6.07, 6.45) is -3.05. The lowest BCUT2D eigenvalue weighted by Gasteiger charge is -2.45. The van der Waals surface area contributed by atoms with E-state index in [1.807, 2.05) is 6.07 Å². The van der Waals surface area contributed by atoms with Gasteiger partial charge in [0.25, 0.3) is 11.5 Å². The highest BCUT2D eigenvalue weighted by Gasteiger charge is 2.53. The third-order valence-corrected chi connectivity index (χ3v) is 11.7. The fourth-order valence-corrected chi connectivity index (χ4v) is 9.58. The van der Waals surface area contributed by atoms with Gasteiger partial charge < -0.3 is 9.84 Å². The Morgan fingerprint density at radius 2 is 1.92 bits per heavy atom. The number of piperidine rings is 1. The van der Waals surface area contributed by atoms with Crippen LogP contribution in [0.4, 0.5) is 22.0 Å². The SMILES string of the molecule is Cc1cc(-c2cc(Cl)ccc2OCCn2c(C)nc3c(c2=O)C[C@@H](N2CCC4(CN(CC(F)(F)F)CC(F)(F)C4)C2)CC3)c2scc(C(=O)O)c2n1. The number of carbonyl (C=O) groups is 1. The Labute approximate surface area is 305 Å². The fraction of sp³-hybridized carbons (Fsp3) is 0.500. The molecule has 1 aliphatic carbocycles. The number of halogens is 6.